The molecule has 0 aliphatic rings. The Morgan fingerprint density at radius 1 is 1.23 bits per heavy atom. The van der Waals surface area contributed by atoms with Gasteiger partial charge in [0.1, 0.15) is 0 Å². The van der Waals surface area contributed by atoms with E-state index in [4.69, 9.17) is 0 Å². The van der Waals surface area contributed by atoms with Crippen LogP contribution in [-0.2, 0) is 5.41 Å². The van der Waals surface area contributed by atoms with Gasteiger partial charge in [-0.2, -0.15) is 9.49 Å². The summed E-state index contributed by atoms with van der Waals surface area (Å²) in [5.41, 5.74) is 1.18. The van der Waals surface area contributed by atoms with Crippen molar-refractivity contribution >= 4 is 15.9 Å². The Hall–Kier alpha value is -0.510. The Balaban J connectivity index is 3.35. The normalized spacial score (nSPS) is 11.8. The van der Waals surface area contributed by atoms with Crippen LogP contribution in [0.4, 0.5) is 4.39 Å². The minimum atomic E-state index is -0.514. The monoisotopic (exact) mass is 246 g/mol. The quantitative estimate of drug-likeness (QED) is 0.704. The maximum Gasteiger partial charge on any atom is 0.237 e. The van der Waals surface area contributed by atoms with E-state index in [2.05, 4.69) is 26.1 Å². The average molecular weight is 247 g/mol. The second-order valence-corrected chi connectivity index (χ2v) is 4.82. The summed E-state index contributed by atoms with van der Waals surface area (Å²) in [5.74, 6) is -0.514. The predicted molar refractivity (Wildman–Crippen MR) is 53.1 cm³/mol. The topological polar surface area (TPSA) is 25.8 Å². The first-order valence-electron chi connectivity index (χ1n) is 4.03. The van der Waals surface area contributed by atoms with Crippen LogP contribution < -0.4 is 0 Å². The standard InChI is InChI=1S/C9H12BrFN2/c1-5-6(10)7(9(2,3)4)12-13-8(5)11/h1-4H3. The van der Waals surface area contributed by atoms with E-state index in [0.29, 0.717) is 10.0 Å². The Kier molecular flexibility index (Phi) is 2.71. The number of hydrogen-bond donors (Lipinski definition) is 0. The predicted octanol–water partition coefficient (Wildman–Crippen LogP) is 2.98. The van der Waals surface area contributed by atoms with Crippen molar-refractivity contribution in [1.82, 2.24) is 10.2 Å². The third-order valence-corrected chi connectivity index (χ3v) is 2.77. The van der Waals surface area contributed by atoms with E-state index in [1.807, 2.05) is 20.8 Å². The van der Waals surface area contributed by atoms with Gasteiger partial charge in [-0.25, -0.2) is 0 Å². The molecule has 0 aliphatic carbocycles. The first-order chi connectivity index (χ1) is 5.84. The molecule has 0 spiro atoms. The van der Waals surface area contributed by atoms with Crippen molar-refractivity contribution in [2.24, 2.45) is 0 Å². The van der Waals surface area contributed by atoms with Gasteiger partial charge < -0.3 is 0 Å². The summed E-state index contributed by atoms with van der Waals surface area (Å²) in [5, 5.41) is 7.30. The Morgan fingerprint density at radius 2 is 1.77 bits per heavy atom. The molecule has 13 heavy (non-hydrogen) atoms. The van der Waals surface area contributed by atoms with Crippen LogP contribution in [0.1, 0.15) is 32.0 Å². The lowest BCUT2D eigenvalue weighted by atomic mass is 9.91. The molecule has 1 aromatic rings. The van der Waals surface area contributed by atoms with Crippen LogP contribution in [-0.4, -0.2) is 10.2 Å². The molecule has 0 aliphatic heterocycles. The molecule has 0 aromatic carbocycles. The lowest BCUT2D eigenvalue weighted by Crippen LogP contribution is -2.16. The second kappa shape index (κ2) is 3.33. The molecule has 0 saturated carbocycles. The van der Waals surface area contributed by atoms with Gasteiger partial charge in [-0.05, 0) is 22.9 Å². The van der Waals surface area contributed by atoms with Crippen LogP contribution in [0.25, 0.3) is 0 Å². The number of halogens is 2. The minimum absolute atomic E-state index is 0.121. The van der Waals surface area contributed by atoms with Crippen LogP contribution in [0.2, 0.25) is 0 Å². The molecular weight excluding hydrogens is 235 g/mol. The third kappa shape index (κ3) is 2.05. The van der Waals surface area contributed by atoms with Crippen LogP contribution in [0.5, 0.6) is 0 Å². The largest absolute Gasteiger partial charge is 0.237 e. The molecule has 1 rings (SSSR count). The maximum absolute atomic E-state index is 12.9. The highest BCUT2D eigenvalue weighted by Gasteiger charge is 2.22. The molecule has 1 aromatic heterocycles. The lowest BCUT2D eigenvalue weighted by molar-refractivity contribution is 0.509. The summed E-state index contributed by atoms with van der Waals surface area (Å²) in [6, 6.07) is 0. The fraction of sp³-hybridized carbons (Fsp3) is 0.556. The highest BCUT2D eigenvalue weighted by Crippen LogP contribution is 2.29. The Labute approximate surface area is 85.7 Å². The van der Waals surface area contributed by atoms with E-state index in [-0.39, 0.29) is 5.41 Å². The van der Waals surface area contributed by atoms with Crippen LogP contribution in [0.15, 0.2) is 4.47 Å². The van der Waals surface area contributed by atoms with E-state index < -0.39 is 5.95 Å². The van der Waals surface area contributed by atoms with Gasteiger partial charge in [0.05, 0.1) is 5.69 Å². The Bertz CT molecular complexity index is 331. The molecule has 0 bridgehead atoms. The minimum Gasteiger partial charge on any atom is -0.183 e. The van der Waals surface area contributed by atoms with Crippen molar-refractivity contribution in [2.75, 3.05) is 0 Å². The van der Waals surface area contributed by atoms with E-state index in [0.717, 1.165) is 5.69 Å². The molecule has 2 nitrogen and oxygen atoms in total. The van der Waals surface area contributed by atoms with Gasteiger partial charge >= 0.3 is 0 Å². The van der Waals surface area contributed by atoms with Crippen molar-refractivity contribution in [3.63, 3.8) is 0 Å². The van der Waals surface area contributed by atoms with Crippen molar-refractivity contribution in [2.45, 2.75) is 33.1 Å². The highest BCUT2D eigenvalue weighted by atomic mass is 79.9. The van der Waals surface area contributed by atoms with Crippen LogP contribution in [0.3, 0.4) is 0 Å². The summed E-state index contributed by atoms with van der Waals surface area (Å²) in [4.78, 5) is 0. The first-order valence-corrected chi connectivity index (χ1v) is 4.82. The van der Waals surface area contributed by atoms with Gasteiger partial charge in [-0.3, -0.25) is 0 Å². The van der Waals surface area contributed by atoms with E-state index in [1.54, 1.807) is 6.92 Å². The lowest BCUT2D eigenvalue weighted by Gasteiger charge is -2.19. The van der Waals surface area contributed by atoms with Gasteiger partial charge in [-0.1, -0.05) is 20.8 Å². The molecule has 0 unspecified atom stereocenters. The van der Waals surface area contributed by atoms with Gasteiger partial charge in [-0.15, -0.1) is 5.10 Å². The molecule has 0 amide bonds. The maximum atomic E-state index is 12.9. The van der Waals surface area contributed by atoms with E-state index >= 15 is 0 Å². The number of aromatic nitrogens is 2. The van der Waals surface area contributed by atoms with Gasteiger partial charge in [0, 0.05) is 15.5 Å². The number of rotatable bonds is 0. The average Bonchev–Trinajstić information content (AvgIpc) is 1.98. The van der Waals surface area contributed by atoms with Gasteiger partial charge in [0.2, 0.25) is 5.95 Å². The molecule has 0 fully saturated rings. The fourth-order valence-corrected chi connectivity index (χ4v) is 1.80. The smallest absolute Gasteiger partial charge is 0.183 e. The molecule has 0 atom stereocenters. The fourth-order valence-electron chi connectivity index (χ4n) is 0.960. The Morgan fingerprint density at radius 3 is 2.23 bits per heavy atom. The van der Waals surface area contributed by atoms with Crippen molar-refractivity contribution in [3.05, 3.63) is 21.7 Å². The summed E-state index contributed by atoms with van der Waals surface area (Å²) in [6.45, 7) is 7.72. The summed E-state index contributed by atoms with van der Waals surface area (Å²) < 4.78 is 13.7. The van der Waals surface area contributed by atoms with Crippen LogP contribution >= 0.6 is 15.9 Å². The van der Waals surface area contributed by atoms with Crippen molar-refractivity contribution < 1.29 is 4.39 Å². The first kappa shape index (κ1) is 10.6. The molecule has 0 N–H and O–H groups in total. The van der Waals surface area contributed by atoms with Crippen molar-refractivity contribution in [1.29, 1.82) is 0 Å². The van der Waals surface area contributed by atoms with E-state index in [9.17, 15) is 4.39 Å². The third-order valence-electron chi connectivity index (χ3n) is 1.79. The summed E-state index contributed by atoms with van der Waals surface area (Å²) in [6.07, 6.45) is 0. The number of nitrogens with zero attached hydrogens (tertiary/aromatic N) is 2. The zero-order chi connectivity index (χ0) is 10.2. The zero-order valence-electron chi connectivity index (χ0n) is 8.15. The SMILES string of the molecule is Cc1c(F)nnc(C(C)(C)C)c1Br. The van der Waals surface area contributed by atoms with Crippen molar-refractivity contribution in [3.8, 4) is 0 Å². The van der Waals surface area contributed by atoms with Gasteiger partial charge in [0.25, 0.3) is 0 Å². The summed E-state index contributed by atoms with van der Waals surface area (Å²) in [7, 11) is 0. The highest BCUT2D eigenvalue weighted by molar-refractivity contribution is 9.10. The number of hydrogen-bond acceptors (Lipinski definition) is 2. The van der Waals surface area contributed by atoms with E-state index in [1.165, 1.54) is 0 Å². The second-order valence-electron chi connectivity index (χ2n) is 4.03. The molecule has 0 saturated heterocycles. The molecule has 1 heterocycles. The van der Waals surface area contributed by atoms with Crippen LogP contribution in [0, 0.1) is 12.9 Å². The molecule has 72 valence electrons. The zero-order valence-corrected chi connectivity index (χ0v) is 9.74. The van der Waals surface area contributed by atoms with Gasteiger partial charge in [0.15, 0.2) is 0 Å². The summed E-state index contributed by atoms with van der Waals surface area (Å²) >= 11 is 3.32. The molecular formula is C9H12BrFN2. The molecule has 4 heteroatoms. The molecule has 0 radical (unpaired) electrons.